The molecule has 0 amide bonds. The summed E-state index contributed by atoms with van der Waals surface area (Å²) in [6.45, 7) is 0. The van der Waals surface area contributed by atoms with Crippen molar-refractivity contribution in [2.45, 2.75) is 12.3 Å². The molecular formula is C20H15ClFNO2. The van der Waals surface area contributed by atoms with E-state index in [1.807, 2.05) is 6.07 Å². The molecule has 0 saturated heterocycles. The maximum absolute atomic E-state index is 14.1. The SMILES string of the molecule is O=C(O)[C@H](Cc1cncc(-c2cc(Cl)ccc2F)c1)c1ccccc1. The molecule has 0 saturated carbocycles. The second kappa shape index (κ2) is 7.45. The van der Waals surface area contributed by atoms with Gasteiger partial charge in [-0.1, -0.05) is 41.9 Å². The van der Waals surface area contributed by atoms with Gasteiger partial charge in [-0.25, -0.2) is 4.39 Å². The highest BCUT2D eigenvalue weighted by molar-refractivity contribution is 6.30. The fourth-order valence-electron chi connectivity index (χ4n) is 2.73. The van der Waals surface area contributed by atoms with Gasteiger partial charge in [-0.3, -0.25) is 9.78 Å². The van der Waals surface area contributed by atoms with Crippen molar-refractivity contribution in [1.82, 2.24) is 4.98 Å². The highest BCUT2D eigenvalue weighted by Gasteiger charge is 2.20. The first-order chi connectivity index (χ1) is 12.0. The van der Waals surface area contributed by atoms with E-state index in [1.165, 1.54) is 24.4 Å². The standard InChI is InChI=1S/C20H15ClFNO2/c21-16-6-7-19(22)17(10-16)15-8-13(11-23-12-15)9-18(20(24)25)14-4-2-1-3-5-14/h1-8,10-12,18H,9H2,(H,24,25)/t18-/m1/s1. The number of hydrogen-bond donors (Lipinski definition) is 1. The van der Waals surface area contributed by atoms with Gasteiger partial charge < -0.3 is 5.11 Å². The average molecular weight is 356 g/mol. The zero-order chi connectivity index (χ0) is 17.8. The number of benzene rings is 2. The molecule has 0 aliphatic rings. The number of aliphatic carboxylic acids is 1. The van der Waals surface area contributed by atoms with Crippen LogP contribution in [-0.4, -0.2) is 16.1 Å². The molecule has 3 aromatic rings. The predicted octanol–water partition coefficient (Wildman–Crippen LogP) is 4.95. The van der Waals surface area contributed by atoms with Gasteiger partial charge in [-0.2, -0.15) is 0 Å². The smallest absolute Gasteiger partial charge is 0.311 e. The fraction of sp³-hybridized carbons (Fsp3) is 0.100. The normalized spacial score (nSPS) is 11.9. The summed E-state index contributed by atoms with van der Waals surface area (Å²) in [5.41, 5.74) is 2.34. The molecule has 1 N–H and O–H groups in total. The summed E-state index contributed by atoms with van der Waals surface area (Å²) in [5, 5.41) is 9.98. The van der Waals surface area contributed by atoms with Gasteiger partial charge >= 0.3 is 5.97 Å². The minimum Gasteiger partial charge on any atom is -0.481 e. The number of carboxylic acid groups (broad SMARTS) is 1. The Balaban J connectivity index is 1.93. The van der Waals surface area contributed by atoms with Gasteiger partial charge in [0, 0.05) is 28.5 Å². The Morgan fingerprint density at radius 3 is 2.60 bits per heavy atom. The maximum atomic E-state index is 14.1. The number of carbonyl (C=O) groups is 1. The first-order valence-electron chi connectivity index (χ1n) is 7.71. The van der Waals surface area contributed by atoms with E-state index in [-0.39, 0.29) is 6.42 Å². The van der Waals surface area contributed by atoms with Gasteiger partial charge in [0.1, 0.15) is 5.82 Å². The quantitative estimate of drug-likeness (QED) is 0.704. The second-order valence-corrected chi connectivity index (χ2v) is 6.15. The van der Waals surface area contributed by atoms with Gasteiger partial charge in [0.05, 0.1) is 5.92 Å². The molecule has 0 radical (unpaired) electrons. The van der Waals surface area contributed by atoms with E-state index in [2.05, 4.69) is 4.98 Å². The number of carboxylic acids is 1. The lowest BCUT2D eigenvalue weighted by molar-refractivity contribution is -0.138. The van der Waals surface area contributed by atoms with Crippen molar-refractivity contribution in [1.29, 1.82) is 0 Å². The van der Waals surface area contributed by atoms with Crippen molar-refractivity contribution < 1.29 is 14.3 Å². The fourth-order valence-corrected chi connectivity index (χ4v) is 2.91. The van der Waals surface area contributed by atoms with E-state index >= 15 is 0 Å². The van der Waals surface area contributed by atoms with Crippen LogP contribution in [0.4, 0.5) is 4.39 Å². The topological polar surface area (TPSA) is 50.2 Å². The number of rotatable bonds is 5. The van der Waals surface area contributed by atoms with Crippen LogP contribution in [0, 0.1) is 5.82 Å². The van der Waals surface area contributed by atoms with Crippen molar-refractivity contribution in [3.05, 3.63) is 89.0 Å². The molecule has 1 heterocycles. The molecule has 3 rings (SSSR count). The van der Waals surface area contributed by atoms with Gasteiger partial charge in [-0.05, 0) is 41.8 Å². The van der Waals surface area contributed by atoms with Crippen LogP contribution in [0.1, 0.15) is 17.0 Å². The first-order valence-corrected chi connectivity index (χ1v) is 8.09. The third-order valence-corrected chi connectivity index (χ3v) is 4.21. The van der Waals surface area contributed by atoms with E-state index in [9.17, 15) is 14.3 Å². The summed E-state index contributed by atoms with van der Waals surface area (Å²) in [5.74, 6) is -2.01. The predicted molar refractivity (Wildman–Crippen MR) is 95.2 cm³/mol. The highest BCUT2D eigenvalue weighted by Crippen LogP contribution is 2.28. The van der Waals surface area contributed by atoms with Crippen LogP contribution >= 0.6 is 11.6 Å². The second-order valence-electron chi connectivity index (χ2n) is 5.71. The lowest BCUT2D eigenvalue weighted by Crippen LogP contribution is -2.14. The van der Waals surface area contributed by atoms with Crippen LogP contribution in [0.2, 0.25) is 5.02 Å². The number of halogens is 2. The summed E-state index contributed by atoms with van der Waals surface area (Å²) in [6, 6.07) is 15.1. The summed E-state index contributed by atoms with van der Waals surface area (Å²) in [4.78, 5) is 15.8. The molecule has 0 fully saturated rings. The first kappa shape index (κ1) is 17.1. The van der Waals surface area contributed by atoms with Gasteiger partial charge in [0.2, 0.25) is 0 Å². The number of nitrogens with zero attached hydrogens (tertiary/aromatic N) is 1. The zero-order valence-electron chi connectivity index (χ0n) is 13.2. The van der Waals surface area contributed by atoms with E-state index in [1.54, 1.807) is 36.5 Å². The Hall–Kier alpha value is -2.72. The van der Waals surface area contributed by atoms with Crippen molar-refractivity contribution in [2.24, 2.45) is 0 Å². The molecule has 3 nitrogen and oxygen atoms in total. The van der Waals surface area contributed by atoms with Crippen LogP contribution in [0.15, 0.2) is 67.0 Å². The summed E-state index contributed by atoms with van der Waals surface area (Å²) in [6.07, 6.45) is 3.41. The largest absolute Gasteiger partial charge is 0.481 e. The van der Waals surface area contributed by atoms with Crippen LogP contribution in [0.3, 0.4) is 0 Å². The molecule has 1 aromatic heterocycles. The Morgan fingerprint density at radius 1 is 1.12 bits per heavy atom. The lowest BCUT2D eigenvalue weighted by atomic mass is 9.92. The molecule has 0 aliphatic carbocycles. The van der Waals surface area contributed by atoms with Crippen molar-refractivity contribution in [2.75, 3.05) is 0 Å². The molecule has 0 bridgehead atoms. The van der Waals surface area contributed by atoms with Gasteiger partial charge in [0.25, 0.3) is 0 Å². The van der Waals surface area contributed by atoms with Crippen LogP contribution in [0.5, 0.6) is 0 Å². The summed E-state index contributed by atoms with van der Waals surface area (Å²) >= 11 is 5.95. The number of aromatic nitrogens is 1. The summed E-state index contributed by atoms with van der Waals surface area (Å²) in [7, 11) is 0. The molecule has 0 aliphatic heterocycles. The zero-order valence-corrected chi connectivity index (χ0v) is 13.9. The Bertz CT molecular complexity index is 899. The van der Waals surface area contributed by atoms with E-state index in [0.29, 0.717) is 27.3 Å². The minimum atomic E-state index is -0.912. The monoisotopic (exact) mass is 355 g/mol. The number of hydrogen-bond acceptors (Lipinski definition) is 2. The molecule has 2 aromatic carbocycles. The van der Waals surface area contributed by atoms with Crippen LogP contribution in [-0.2, 0) is 11.2 Å². The van der Waals surface area contributed by atoms with E-state index < -0.39 is 17.7 Å². The maximum Gasteiger partial charge on any atom is 0.311 e. The van der Waals surface area contributed by atoms with E-state index in [0.717, 1.165) is 0 Å². The molecule has 0 spiro atoms. The molecular weight excluding hydrogens is 341 g/mol. The number of pyridine rings is 1. The van der Waals surface area contributed by atoms with Crippen LogP contribution in [0.25, 0.3) is 11.1 Å². The summed E-state index contributed by atoms with van der Waals surface area (Å²) < 4.78 is 14.1. The lowest BCUT2D eigenvalue weighted by Gasteiger charge is -2.13. The van der Waals surface area contributed by atoms with Gasteiger partial charge in [-0.15, -0.1) is 0 Å². The Kier molecular flexibility index (Phi) is 5.10. The molecule has 126 valence electrons. The minimum absolute atomic E-state index is 0.266. The van der Waals surface area contributed by atoms with Crippen molar-refractivity contribution in [3.8, 4) is 11.1 Å². The molecule has 1 atom stereocenters. The van der Waals surface area contributed by atoms with Crippen molar-refractivity contribution in [3.63, 3.8) is 0 Å². The average Bonchev–Trinajstić information content (AvgIpc) is 2.62. The van der Waals surface area contributed by atoms with Crippen molar-refractivity contribution >= 4 is 17.6 Å². The van der Waals surface area contributed by atoms with Crippen LogP contribution < -0.4 is 0 Å². The Morgan fingerprint density at radius 2 is 1.88 bits per heavy atom. The third-order valence-electron chi connectivity index (χ3n) is 3.97. The molecule has 5 heteroatoms. The Labute approximate surface area is 149 Å². The highest BCUT2D eigenvalue weighted by atomic mass is 35.5. The molecule has 0 unspecified atom stereocenters. The van der Waals surface area contributed by atoms with Gasteiger partial charge in [0.15, 0.2) is 0 Å². The molecule has 25 heavy (non-hydrogen) atoms. The third kappa shape index (κ3) is 4.03. The van der Waals surface area contributed by atoms with E-state index in [4.69, 9.17) is 11.6 Å².